The molecule has 1 aliphatic rings. The fraction of sp³-hybridized carbons (Fsp3) is 0.636. The third-order valence-corrected chi connectivity index (χ3v) is 3.14. The molecule has 2 amide bonds. The van der Waals surface area contributed by atoms with Crippen LogP contribution in [0.3, 0.4) is 0 Å². The number of carbonyl (C=O) groups excluding carboxylic acids is 1. The molecule has 0 aromatic carbocycles. The summed E-state index contributed by atoms with van der Waals surface area (Å²) in [4.78, 5) is 24.2. The first-order valence-electron chi connectivity index (χ1n) is 6.24. The molecule has 0 saturated carbocycles. The van der Waals surface area contributed by atoms with Gasteiger partial charge in [0.1, 0.15) is 6.33 Å². The number of nitrogens with zero attached hydrogens (tertiary/aromatic N) is 4. The van der Waals surface area contributed by atoms with Gasteiger partial charge in [0.05, 0.1) is 19.1 Å². The van der Waals surface area contributed by atoms with Crippen molar-refractivity contribution in [2.24, 2.45) is 0 Å². The molecule has 9 heteroatoms. The normalized spacial score (nSPS) is 15.6. The van der Waals surface area contributed by atoms with Crippen molar-refractivity contribution in [3.63, 3.8) is 0 Å². The van der Waals surface area contributed by atoms with Crippen LogP contribution in [0, 0.1) is 0 Å². The molecule has 0 bridgehead atoms. The van der Waals surface area contributed by atoms with Gasteiger partial charge in [-0.2, -0.15) is 0 Å². The van der Waals surface area contributed by atoms with Crippen molar-refractivity contribution in [2.75, 3.05) is 20.2 Å². The van der Waals surface area contributed by atoms with Crippen LogP contribution in [0.5, 0.6) is 0 Å². The molecule has 0 radical (unpaired) electrons. The zero-order valence-corrected chi connectivity index (χ0v) is 11.2. The highest BCUT2D eigenvalue weighted by Crippen LogP contribution is 2.08. The second-order valence-corrected chi connectivity index (χ2v) is 4.50. The Morgan fingerprint density at radius 3 is 3.05 bits per heavy atom. The van der Waals surface area contributed by atoms with Crippen molar-refractivity contribution in [2.45, 2.75) is 25.6 Å². The number of aromatic nitrogens is 3. The Hall–Kier alpha value is -2.16. The second kappa shape index (κ2) is 6.33. The zero-order valence-electron chi connectivity index (χ0n) is 11.2. The highest BCUT2D eigenvalue weighted by Gasteiger charge is 2.22. The van der Waals surface area contributed by atoms with E-state index >= 15 is 0 Å². The molecule has 2 N–H and O–H groups in total. The second-order valence-electron chi connectivity index (χ2n) is 4.50. The maximum absolute atomic E-state index is 12.0. The van der Waals surface area contributed by atoms with Gasteiger partial charge in [-0.15, -0.1) is 10.2 Å². The number of carboxylic acid groups (broad SMARTS) is 1. The van der Waals surface area contributed by atoms with Crippen LogP contribution in [-0.2, 0) is 22.6 Å². The molecule has 1 unspecified atom stereocenters. The van der Waals surface area contributed by atoms with E-state index in [4.69, 9.17) is 9.84 Å². The molecule has 1 aromatic rings. The summed E-state index contributed by atoms with van der Waals surface area (Å²) in [5.74, 6) is -0.225. The summed E-state index contributed by atoms with van der Waals surface area (Å²) in [7, 11) is 1.42. The Bertz CT molecular complexity index is 489. The molecule has 0 fully saturated rings. The van der Waals surface area contributed by atoms with Crippen molar-refractivity contribution in [3.05, 3.63) is 12.2 Å². The number of amides is 2. The number of ether oxygens (including phenoxy) is 1. The summed E-state index contributed by atoms with van der Waals surface area (Å²) in [5, 5.41) is 19.1. The molecule has 0 spiro atoms. The Labute approximate surface area is 115 Å². The van der Waals surface area contributed by atoms with E-state index in [1.54, 1.807) is 11.2 Å². The Kier molecular flexibility index (Phi) is 4.51. The zero-order chi connectivity index (χ0) is 14.5. The molecule has 9 nitrogen and oxygen atoms in total. The summed E-state index contributed by atoms with van der Waals surface area (Å²) in [6.45, 7) is 1.76. The van der Waals surface area contributed by atoms with E-state index in [0.717, 1.165) is 5.82 Å². The summed E-state index contributed by atoms with van der Waals surface area (Å²) < 4.78 is 6.90. The summed E-state index contributed by atoms with van der Waals surface area (Å²) >= 11 is 0. The van der Waals surface area contributed by atoms with Gasteiger partial charge in [-0.1, -0.05) is 0 Å². The third kappa shape index (κ3) is 3.44. The topological polar surface area (TPSA) is 110 Å². The lowest BCUT2D eigenvalue weighted by atomic mass is 10.2. The number of aliphatic carboxylic acids is 1. The van der Waals surface area contributed by atoms with Gasteiger partial charge >= 0.3 is 12.0 Å². The van der Waals surface area contributed by atoms with E-state index in [2.05, 4.69) is 15.5 Å². The average molecular weight is 283 g/mol. The van der Waals surface area contributed by atoms with Crippen molar-refractivity contribution in [1.82, 2.24) is 25.0 Å². The maximum atomic E-state index is 12.0. The predicted octanol–water partition coefficient (Wildman–Crippen LogP) is -0.707. The van der Waals surface area contributed by atoms with Crippen LogP contribution >= 0.6 is 0 Å². The highest BCUT2D eigenvalue weighted by molar-refractivity contribution is 5.74. The number of nitrogens with one attached hydrogen (secondary N) is 1. The monoisotopic (exact) mass is 283 g/mol. The van der Waals surface area contributed by atoms with Crippen molar-refractivity contribution in [3.8, 4) is 0 Å². The minimum absolute atomic E-state index is 0.148. The van der Waals surface area contributed by atoms with Gasteiger partial charge < -0.3 is 24.6 Å². The lowest BCUT2D eigenvalue weighted by molar-refractivity contribution is -0.139. The number of carboxylic acids is 1. The molecular weight excluding hydrogens is 266 g/mol. The van der Waals surface area contributed by atoms with Crippen molar-refractivity contribution < 1.29 is 19.4 Å². The molecule has 2 rings (SSSR count). The van der Waals surface area contributed by atoms with E-state index in [0.29, 0.717) is 19.6 Å². The van der Waals surface area contributed by atoms with E-state index in [1.165, 1.54) is 7.11 Å². The van der Waals surface area contributed by atoms with Gasteiger partial charge in [-0.05, 0) is 0 Å². The first-order valence-corrected chi connectivity index (χ1v) is 6.24. The number of methoxy groups -OCH3 is 1. The van der Waals surface area contributed by atoms with Crippen molar-refractivity contribution >= 4 is 12.0 Å². The average Bonchev–Trinajstić information content (AvgIpc) is 2.89. The smallest absolute Gasteiger partial charge is 0.317 e. The number of urea groups is 1. The van der Waals surface area contributed by atoms with E-state index in [9.17, 15) is 9.59 Å². The Morgan fingerprint density at radius 2 is 2.35 bits per heavy atom. The predicted molar refractivity (Wildman–Crippen MR) is 66.9 cm³/mol. The molecule has 2 heterocycles. The number of rotatable bonds is 5. The fourth-order valence-corrected chi connectivity index (χ4v) is 1.99. The quantitative estimate of drug-likeness (QED) is 0.739. The largest absolute Gasteiger partial charge is 0.481 e. The first kappa shape index (κ1) is 14.3. The van der Waals surface area contributed by atoms with Crippen molar-refractivity contribution in [1.29, 1.82) is 0 Å². The van der Waals surface area contributed by atoms with E-state index in [-0.39, 0.29) is 19.0 Å². The maximum Gasteiger partial charge on any atom is 0.317 e. The van der Waals surface area contributed by atoms with Crippen LogP contribution in [0.15, 0.2) is 6.33 Å². The van der Waals surface area contributed by atoms with Crippen LogP contribution in [0.2, 0.25) is 0 Å². The van der Waals surface area contributed by atoms with E-state index in [1.807, 2.05) is 4.57 Å². The summed E-state index contributed by atoms with van der Waals surface area (Å²) in [6, 6.07) is -0.258. The SMILES string of the molecule is COC(CNC(=O)N1CCn2cnnc2C1)CC(=O)O. The molecule has 110 valence electrons. The van der Waals surface area contributed by atoms with Gasteiger partial charge in [0.2, 0.25) is 0 Å². The van der Waals surface area contributed by atoms with Gasteiger partial charge in [0.15, 0.2) is 5.82 Å². The van der Waals surface area contributed by atoms with Gasteiger partial charge in [0, 0.05) is 26.7 Å². The molecule has 1 aliphatic heterocycles. The van der Waals surface area contributed by atoms with Crippen LogP contribution in [-0.4, -0.2) is 63.1 Å². The first-order chi connectivity index (χ1) is 9.60. The Balaban J connectivity index is 1.82. The number of fused-ring (bicyclic) bond motifs is 1. The van der Waals surface area contributed by atoms with Crippen LogP contribution in [0.1, 0.15) is 12.2 Å². The number of hydrogen-bond acceptors (Lipinski definition) is 5. The van der Waals surface area contributed by atoms with Gasteiger partial charge in [-0.3, -0.25) is 4.79 Å². The minimum Gasteiger partial charge on any atom is -0.481 e. The van der Waals surface area contributed by atoms with Crippen LogP contribution in [0.25, 0.3) is 0 Å². The molecule has 1 atom stereocenters. The number of hydrogen-bond donors (Lipinski definition) is 2. The molecule has 0 saturated heterocycles. The molecular formula is C11H17N5O4. The number of carbonyl (C=O) groups is 2. The van der Waals surface area contributed by atoms with E-state index < -0.39 is 12.1 Å². The summed E-state index contributed by atoms with van der Waals surface area (Å²) in [6.07, 6.45) is 0.952. The summed E-state index contributed by atoms with van der Waals surface area (Å²) in [5.41, 5.74) is 0. The lowest BCUT2D eigenvalue weighted by Crippen LogP contribution is -2.46. The molecule has 20 heavy (non-hydrogen) atoms. The van der Waals surface area contributed by atoms with Gasteiger partial charge in [0.25, 0.3) is 0 Å². The molecule has 1 aromatic heterocycles. The minimum atomic E-state index is -0.961. The Morgan fingerprint density at radius 1 is 1.55 bits per heavy atom. The standard InChI is InChI=1S/C11H17N5O4/c1-20-8(4-10(17)18)5-12-11(19)15-2-3-16-7-13-14-9(16)6-15/h7-8H,2-6H2,1H3,(H,12,19)(H,17,18). The third-order valence-electron chi connectivity index (χ3n) is 3.14. The molecule has 0 aliphatic carbocycles. The lowest BCUT2D eigenvalue weighted by Gasteiger charge is -2.27. The van der Waals surface area contributed by atoms with Gasteiger partial charge in [-0.25, -0.2) is 4.79 Å². The van der Waals surface area contributed by atoms with Crippen LogP contribution in [0.4, 0.5) is 4.79 Å². The highest BCUT2D eigenvalue weighted by atomic mass is 16.5. The fourth-order valence-electron chi connectivity index (χ4n) is 1.99. The van der Waals surface area contributed by atoms with Crippen LogP contribution < -0.4 is 5.32 Å².